The molecule has 1 aromatic heterocycles. The Morgan fingerprint density at radius 3 is 3.00 bits per heavy atom. The number of hydrogen-bond donors (Lipinski definition) is 0. The zero-order valence-electron chi connectivity index (χ0n) is 7.53. The molecule has 0 radical (unpaired) electrons. The van der Waals surface area contributed by atoms with Gasteiger partial charge in [-0.1, -0.05) is 11.6 Å². The van der Waals surface area contributed by atoms with Crippen LogP contribution in [0.25, 0.3) is 0 Å². The minimum atomic E-state index is 0.335. The van der Waals surface area contributed by atoms with E-state index in [-0.39, 0.29) is 0 Å². The minimum absolute atomic E-state index is 0.335. The predicted molar refractivity (Wildman–Crippen MR) is 58.6 cm³/mol. The first-order valence-electron chi connectivity index (χ1n) is 4.45. The smallest absolute Gasteiger partial charge is 0.147 e. The molecule has 2 heterocycles. The van der Waals surface area contributed by atoms with E-state index in [4.69, 9.17) is 16.9 Å². The molecule has 1 unspecified atom stereocenters. The van der Waals surface area contributed by atoms with Crippen LogP contribution in [-0.4, -0.2) is 16.5 Å². The number of nitrogens with zero attached hydrogens (tertiary/aromatic N) is 2. The van der Waals surface area contributed by atoms with E-state index in [1.165, 1.54) is 12.2 Å². The maximum Gasteiger partial charge on any atom is 0.147 e. The first-order valence-corrected chi connectivity index (χ1v) is 5.99. The second-order valence-corrected chi connectivity index (χ2v) is 4.75. The third-order valence-corrected chi connectivity index (χ3v) is 3.79. The minimum Gasteiger partial charge on any atom is -0.239 e. The fourth-order valence-electron chi connectivity index (χ4n) is 1.53. The lowest BCUT2D eigenvalue weighted by atomic mass is 10.0. The largest absolute Gasteiger partial charge is 0.239 e. The van der Waals surface area contributed by atoms with Gasteiger partial charge in [-0.05, 0) is 24.3 Å². The topological polar surface area (TPSA) is 36.7 Å². The van der Waals surface area contributed by atoms with Gasteiger partial charge in [0.15, 0.2) is 0 Å². The average molecular weight is 225 g/mol. The Kier molecular flexibility index (Phi) is 2.95. The van der Waals surface area contributed by atoms with Crippen molar-refractivity contribution in [1.29, 1.82) is 5.26 Å². The van der Waals surface area contributed by atoms with Crippen LogP contribution in [0, 0.1) is 11.3 Å². The molecule has 1 atom stereocenters. The summed E-state index contributed by atoms with van der Waals surface area (Å²) in [4.78, 5) is 4.26. The van der Waals surface area contributed by atoms with Gasteiger partial charge in [0.2, 0.25) is 0 Å². The summed E-state index contributed by atoms with van der Waals surface area (Å²) < 4.78 is 0. The predicted octanol–water partition coefficient (Wildman–Crippen LogP) is 2.83. The van der Waals surface area contributed by atoms with Crippen LogP contribution >= 0.6 is 23.4 Å². The van der Waals surface area contributed by atoms with Crippen LogP contribution in [0.2, 0.25) is 5.15 Å². The normalized spacial score (nSPS) is 20.7. The quantitative estimate of drug-likeness (QED) is 0.689. The summed E-state index contributed by atoms with van der Waals surface area (Å²) in [7, 11) is 0. The summed E-state index contributed by atoms with van der Waals surface area (Å²) in [6.07, 6.45) is 1.17. The van der Waals surface area contributed by atoms with Gasteiger partial charge in [-0.15, -0.1) is 0 Å². The van der Waals surface area contributed by atoms with Gasteiger partial charge < -0.3 is 0 Å². The van der Waals surface area contributed by atoms with Crippen molar-refractivity contribution in [3.8, 4) is 6.07 Å². The number of halogens is 1. The Labute approximate surface area is 92.3 Å². The highest BCUT2D eigenvalue weighted by Crippen LogP contribution is 2.32. The Morgan fingerprint density at radius 2 is 2.43 bits per heavy atom. The molecule has 1 aliphatic rings. The van der Waals surface area contributed by atoms with Crippen LogP contribution in [0.5, 0.6) is 0 Å². The third-order valence-electron chi connectivity index (χ3n) is 2.34. The lowest BCUT2D eigenvalue weighted by Gasteiger charge is -2.07. The number of nitriles is 1. The number of thioether (sulfide) groups is 1. The molecule has 1 aliphatic heterocycles. The molecule has 0 N–H and O–H groups in total. The van der Waals surface area contributed by atoms with Gasteiger partial charge in [0.25, 0.3) is 0 Å². The SMILES string of the molecule is N#Cc1ccc(C2CCSC2)nc1Cl. The Bertz CT molecular complexity index is 380. The molecule has 4 heteroatoms. The Morgan fingerprint density at radius 1 is 1.57 bits per heavy atom. The molecular formula is C10H9ClN2S. The molecule has 1 saturated heterocycles. The van der Waals surface area contributed by atoms with E-state index < -0.39 is 0 Å². The van der Waals surface area contributed by atoms with Gasteiger partial charge in [-0.3, -0.25) is 0 Å². The Hall–Kier alpha value is -0.720. The van der Waals surface area contributed by atoms with Crippen molar-refractivity contribution in [1.82, 2.24) is 4.98 Å². The fraction of sp³-hybridized carbons (Fsp3) is 0.400. The van der Waals surface area contributed by atoms with Crippen molar-refractivity contribution in [2.75, 3.05) is 11.5 Å². The zero-order valence-corrected chi connectivity index (χ0v) is 9.11. The molecule has 2 nitrogen and oxygen atoms in total. The van der Waals surface area contributed by atoms with E-state index in [1.807, 2.05) is 23.9 Å². The van der Waals surface area contributed by atoms with Gasteiger partial charge in [0.05, 0.1) is 5.56 Å². The van der Waals surface area contributed by atoms with Crippen molar-refractivity contribution >= 4 is 23.4 Å². The standard InChI is InChI=1S/C10H9ClN2S/c11-10-7(5-12)1-2-9(13-10)8-3-4-14-6-8/h1-2,8H,3-4,6H2. The summed E-state index contributed by atoms with van der Waals surface area (Å²) in [6, 6.07) is 5.69. The molecular weight excluding hydrogens is 216 g/mol. The highest BCUT2D eigenvalue weighted by atomic mass is 35.5. The van der Waals surface area contributed by atoms with E-state index in [1.54, 1.807) is 6.07 Å². The first kappa shape index (κ1) is 9.82. The maximum atomic E-state index is 8.70. The van der Waals surface area contributed by atoms with Crippen LogP contribution in [0.15, 0.2) is 12.1 Å². The summed E-state index contributed by atoms with van der Waals surface area (Å²) in [5, 5.41) is 9.03. The number of pyridine rings is 1. The van der Waals surface area contributed by atoms with E-state index >= 15 is 0 Å². The molecule has 0 amide bonds. The van der Waals surface area contributed by atoms with Crippen LogP contribution in [0.3, 0.4) is 0 Å². The van der Waals surface area contributed by atoms with E-state index in [0.29, 0.717) is 16.6 Å². The highest BCUT2D eigenvalue weighted by molar-refractivity contribution is 7.99. The molecule has 14 heavy (non-hydrogen) atoms. The first-order chi connectivity index (χ1) is 6.81. The van der Waals surface area contributed by atoms with E-state index in [2.05, 4.69) is 4.98 Å². The van der Waals surface area contributed by atoms with E-state index in [0.717, 1.165) is 11.4 Å². The molecule has 0 aliphatic carbocycles. The van der Waals surface area contributed by atoms with Gasteiger partial charge in [0, 0.05) is 17.4 Å². The zero-order chi connectivity index (χ0) is 9.97. The molecule has 0 spiro atoms. The summed E-state index contributed by atoms with van der Waals surface area (Å²) in [5.74, 6) is 2.84. The number of aromatic nitrogens is 1. The van der Waals surface area contributed by atoms with Gasteiger partial charge >= 0.3 is 0 Å². The Balaban J connectivity index is 2.28. The molecule has 1 aromatic rings. The molecule has 1 fully saturated rings. The van der Waals surface area contributed by atoms with Crippen molar-refractivity contribution in [2.45, 2.75) is 12.3 Å². The second kappa shape index (κ2) is 4.20. The lowest BCUT2D eigenvalue weighted by molar-refractivity contribution is 0.752. The third kappa shape index (κ3) is 1.87. The lowest BCUT2D eigenvalue weighted by Crippen LogP contribution is -2.00. The molecule has 0 saturated carbocycles. The van der Waals surface area contributed by atoms with Gasteiger partial charge in [0.1, 0.15) is 11.2 Å². The molecule has 2 rings (SSSR count). The molecule has 0 bridgehead atoms. The number of hydrogen-bond acceptors (Lipinski definition) is 3. The van der Waals surface area contributed by atoms with Crippen LogP contribution in [0.1, 0.15) is 23.6 Å². The summed E-state index contributed by atoms with van der Waals surface area (Å²) in [5.41, 5.74) is 1.49. The van der Waals surface area contributed by atoms with Gasteiger partial charge in [-0.25, -0.2) is 4.98 Å². The highest BCUT2D eigenvalue weighted by Gasteiger charge is 2.19. The maximum absolute atomic E-state index is 8.70. The van der Waals surface area contributed by atoms with Crippen LogP contribution in [-0.2, 0) is 0 Å². The molecule has 0 aromatic carbocycles. The van der Waals surface area contributed by atoms with Crippen molar-refractivity contribution in [2.24, 2.45) is 0 Å². The van der Waals surface area contributed by atoms with Crippen LogP contribution < -0.4 is 0 Å². The number of rotatable bonds is 1. The van der Waals surface area contributed by atoms with Crippen LogP contribution in [0.4, 0.5) is 0 Å². The van der Waals surface area contributed by atoms with Crippen molar-refractivity contribution in [3.63, 3.8) is 0 Å². The van der Waals surface area contributed by atoms with Crippen molar-refractivity contribution in [3.05, 3.63) is 28.5 Å². The summed E-state index contributed by atoms with van der Waals surface area (Å²) in [6.45, 7) is 0. The van der Waals surface area contributed by atoms with Gasteiger partial charge in [-0.2, -0.15) is 17.0 Å². The van der Waals surface area contributed by atoms with E-state index in [9.17, 15) is 0 Å². The fourth-order valence-corrected chi connectivity index (χ4v) is 2.97. The second-order valence-electron chi connectivity index (χ2n) is 3.25. The average Bonchev–Trinajstić information content (AvgIpc) is 2.70. The monoisotopic (exact) mass is 224 g/mol. The summed E-state index contributed by atoms with van der Waals surface area (Å²) >= 11 is 7.81. The van der Waals surface area contributed by atoms with Crippen molar-refractivity contribution < 1.29 is 0 Å². The molecule has 72 valence electrons.